The first kappa shape index (κ1) is 12.0. The van der Waals surface area contributed by atoms with Gasteiger partial charge in [0.05, 0.1) is 17.4 Å². The molecule has 5 heteroatoms. The number of aryl methyl sites for hydroxylation is 2. The fourth-order valence-electron chi connectivity index (χ4n) is 1.77. The molecule has 2 rings (SSSR count). The number of rotatable bonds is 2. The number of urea groups is 1. The van der Waals surface area contributed by atoms with E-state index in [9.17, 15) is 4.79 Å². The van der Waals surface area contributed by atoms with E-state index in [4.69, 9.17) is 5.73 Å². The molecule has 2 aromatic rings. The van der Waals surface area contributed by atoms with Crippen molar-refractivity contribution in [3.05, 3.63) is 41.1 Å². The summed E-state index contributed by atoms with van der Waals surface area (Å²) in [6.45, 7) is 4.03. The molecule has 2 amide bonds. The summed E-state index contributed by atoms with van der Waals surface area (Å²) in [4.78, 5) is 14.9. The van der Waals surface area contributed by atoms with E-state index in [0.29, 0.717) is 5.69 Å². The second-order valence-electron chi connectivity index (χ2n) is 4.12. The summed E-state index contributed by atoms with van der Waals surface area (Å²) in [6, 6.07) is 7.33. The third kappa shape index (κ3) is 2.63. The van der Waals surface area contributed by atoms with Crippen LogP contribution >= 0.6 is 0 Å². The van der Waals surface area contributed by atoms with Crippen LogP contribution in [0.1, 0.15) is 16.8 Å². The summed E-state index contributed by atoms with van der Waals surface area (Å²) in [5.74, 6) is 0. The lowest BCUT2D eigenvalue weighted by molar-refractivity contribution is 0.249. The van der Waals surface area contributed by atoms with E-state index < -0.39 is 6.03 Å². The smallest absolute Gasteiger partial charge is 0.332 e. The summed E-state index contributed by atoms with van der Waals surface area (Å²) in [7, 11) is 0. The molecule has 1 aromatic carbocycles. The molecule has 1 heterocycles. The van der Waals surface area contributed by atoms with Crippen molar-refractivity contribution < 1.29 is 4.79 Å². The molecular formula is C13H14N4O. The Morgan fingerprint density at radius 3 is 2.89 bits per heavy atom. The number of benzene rings is 1. The van der Waals surface area contributed by atoms with Crippen LogP contribution in [0, 0.1) is 13.8 Å². The van der Waals surface area contributed by atoms with Crippen molar-refractivity contribution in [3.8, 4) is 0 Å². The highest BCUT2D eigenvalue weighted by molar-refractivity contribution is 5.88. The number of primary amides is 1. The van der Waals surface area contributed by atoms with Gasteiger partial charge in [-0.1, -0.05) is 12.1 Å². The number of aromatic nitrogens is 1. The van der Waals surface area contributed by atoms with Crippen molar-refractivity contribution in [1.82, 2.24) is 10.4 Å². The van der Waals surface area contributed by atoms with Crippen LogP contribution in [0.25, 0.3) is 10.9 Å². The number of nitrogens with zero attached hydrogens (tertiary/aromatic N) is 2. The zero-order valence-corrected chi connectivity index (χ0v) is 10.3. The molecule has 5 nitrogen and oxygen atoms in total. The van der Waals surface area contributed by atoms with Crippen LogP contribution in [0.15, 0.2) is 29.4 Å². The molecule has 0 spiro atoms. The minimum absolute atomic E-state index is 0.680. The van der Waals surface area contributed by atoms with Gasteiger partial charge in [0.2, 0.25) is 0 Å². The number of nitrogens with two attached hydrogens (primary N) is 1. The Hall–Kier alpha value is -2.43. The van der Waals surface area contributed by atoms with Crippen LogP contribution in [0.2, 0.25) is 0 Å². The lowest BCUT2D eigenvalue weighted by Crippen LogP contribution is -2.24. The van der Waals surface area contributed by atoms with Gasteiger partial charge in [-0.05, 0) is 37.1 Å². The Balaban J connectivity index is 2.41. The Labute approximate surface area is 105 Å². The SMILES string of the molecule is Cc1ccc2c(C)cc(/C=N/NC(N)=O)nc2c1. The van der Waals surface area contributed by atoms with E-state index in [2.05, 4.69) is 27.6 Å². The number of hydrogen-bond acceptors (Lipinski definition) is 3. The molecule has 0 aliphatic carbocycles. The molecular weight excluding hydrogens is 228 g/mol. The van der Waals surface area contributed by atoms with Crippen LogP contribution in [-0.4, -0.2) is 17.2 Å². The molecule has 0 unspecified atom stereocenters. The summed E-state index contributed by atoms with van der Waals surface area (Å²) in [5, 5.41) is 4.81. The first-order chi connectivity index (χ1) is 8.56. The van der Waals surface area contributed by atoms with E-state index in [1.165, 1.54) is 6.21 Å². The average Bonchev–Trinajstić information content (AvgIpc) is 2.27. The van der Waals surface area contributed by atoms with Crippen LogP contribution < -0.4 is 11.2 Å². The summed E-state index contributed by atoms with van der Waals surface area (Å²) >= 11 is 0. The molecule has 3 N–H and O–H groups in total. The van der Waals surface area contributed by atoms with Crippen molar-refractivity contribution >= 4 is 23.1 Å². The van der Waals surface area contributed by atoms with E-state index in [-0.39, 0.29) is 0 Å². The number of carbonyl (C=O) groups excluding carboxylic acids is 1. The zero-order valence-electron chi connectivity index (χ0n) is 10.3. The monoisotopic (exact) mass is 242 g/mol. The predicted molar refractivity (Wildman–Crippen MR) is 71.5 cm³/mol. The molecule has 1 aromatic heterocycles. The topological polar surface area (TPSA) is 80.4 Å². The Morgan fingerprint density at radius 1 is 1.39 bits per heavy atom. The highest BCUT2D eigenvalue weighted by atomic mass is 16.2. The Morgan fingerprint density at radius 2 is 2.17 bits per heavy atom. The minimum atomic E-state index is -0.695. The van der Waals surface area contributed by atoms with E-state index in [0.717, 1.165) is 22.0 Å². The summed E-state index contributed by atoms with van der Waals surface area (Å²) < 4.78 is 0. The lowest BCUT2D eigenvalue weighted by Gasteiger charge is -2.04. The minimum Gasteiger partial charge on any atom is -0.350 e. The molecule has 0 aliphatic rings. The lowest BCUT2D eigenvalue weighted by atomic mass is 10.1. The van der Waals surface area contributed by atoms with Gasteiger partial charge in [0.25, 0.3) is 0 Å². The van der Waals surface area contributed by atoms with Crippen LogP contribution in [0.3, 0.4) is 0 Å². The van der Waals surface area contributed by atoms with Crippen LogP contribution in [0.5, 0.6) is 0 Å². The molecule has 92 valence electrons. The van der Waals surface area contributed by atoms with Crippen LogP contribution in [-0.2, 0) is 0 Å². The molecule has 0 fully saturated rings. The van der Waals surface area contributed by atoms with Crippen LogP contribution in [0.4, 0.5) is 4.79 Å². The van der Waals surface area contributed by atoms with Gasteiger partial charge in [0, 0.05) is 5.39 Å². The van der Waals surface area contributed by atoms with E-state index >= 15 is 0 Å². The maximum absolute atomic E-state index is 10.5. The number of amides is 2. The van der Waals surface area contributed by atoms with Gasteiger partial charge < -0.3 is 5.73 Å². The summed E-state index contributed by atoms with van der Waals surface area (Å²) in [6.07, 6.45) is 1.47. The second-order valence-corrected chi connectivity index (χ2v) is 4.12. The first-order valence-electron chi connectivity index (χ1n) is 5.53. The third-order valence-electron chi connectivity index (χ3n) is 2.56. The standard InChI is InChI=1S/C13H14N4O/c1-8-3-4-11-9(2)6-10(16-12(11)5-8)7-15-17-13(14)18/h3-7H,1-2H3,(H3,14,17,18)/b15-7+. The highest BCUT2D eigenvalue weighted by Gasteiger charge is 2.01. The molecule has 0 radical (unpaired) electrons. The van der Waals surface area contributed by atoms with Gasteiger partial charge >= 0.3 is 6.03 Å². The number of pyridine rings is 1. The van der Waals surface area contributed by atoms with Gasteiger partial charge in [-0.2, -0.15) is 5.10 Å². The second kappa shape index (κ2) is 4.83. The largest absolute Gasteiger partial charge is 0.350 e. The van der Waals surface area contributed by atoms with Gasteiger partial charge in [-0.3, -0.25) is 0 Å². The van der Waals surface area contributed by atoms with Gasteiger partial charge in [0.15, 0.2) is 0 Å². The van der Waals surface area contributed by atoms with Gasteiger partial charge in [-0.15, -0.1) is 0 Å². The van der Waals surface area contributed by atoms with Crippen molar-refractivity contribution in [2.45, 2.75) is 13.8 Å². The van der Waals surface area contributed by atoms with Crippen molar-refractivity contribution in [3.63, 3.8) is 0 Å². The number of hydrazone groups is 1. The summed E-state index contributed by atoms with van der Waals surface area (Å²) in [5.41, 5.74) is 10.9. The van der Waals surface area contributed by atoms with Gasteiger partial charge in [-0.25, -0.2) is 15.2 Å². The fourth-order valence-corrected chi connectivity index (χ4v) is 1.77. The number of carbonyl (C=O) groups is 1. The fraction of sp³-hybridized carbons (Fsp3) is 0.154. The normalized spacial score (nSPS) is 11.0. The molecule has 0 bridgehead atoms. The molecule has 0 atom stereocenters. The maximum atomic E-state index is 10.5. The van der Waals surface area contributed by atoms with Gasteiger partial charge in [0.1, 0.15) is 0 Å². The number of nitrogens with one attached hydrogen (secondary N) is 1. The zero-order chi connectivity index (χ0) is 13.1. The maximum Gasteiger partial charge on any atom is 0.332 e. The Bertz CT molecular complexity index is 634. The Kier molecular flexibility index (Phi) is 3.23. The first-order valence-corrected chi connectivity index (χ1v) is 5.53. The predicted octanol–water partition coefficient (Wildman–Crippen LogP) is 1.85. The molecule has 0 saturated heterocycles. The molecule has 0 aliphatic heterocycles. The quantitative estimate of drug-likeness (QED) is 0.622. The third-order valence-corrected chi connectivity index (χ3v) is 2.56. The average molecular weight is 242 g/mol. The highest BCUT2D eigenvalue weighted by Crippen LogP contribution is 2.18. The molecule has 0 saturated carbocycles. The number of fused-ring (bicyclic) bond motifs is 1. The van der Waals surface area contributed by atoms with Crippen molar-refractivity contribution in [2.24, 2.45) is 10.8 Å². The molecule has 18 heavy (non-hydrogen) atoms. The number of hydrogen-bond donors (Lipinski definition) is 2. The van der Waals surface area contributed by atoms with Crippen molar-refractivity contribution in [2.75, 3.05) is 0 Å². The van der Waals surface area contributed by atoms with Crippen molar-refractivity contribution in [1.29, 1.82) is 0 Å². The van der Waals surface area contributed by atoms with E-state index in [1.54, 1.807) is 0 Å². The van der Waals surface area contributed by atoms with E-state index in [1.807, 2.05) is 26.0 Å².